The van der Waals surface area contributed by atoms with E-state index < -0.39 is 0 Å². The average molecular weight is 325 g/mol. The highest BCUT2D eigenvalue weighted by atomic mass is 16.2. The van der Waals surface area contributed by atoms with E-state index in [0.717, 1.165) is 36.4 Å². The Morgan fingerprint density at radius 3 is 2.17 bits per heavy atom. The maximum Gasteiger partial charge on any atom is 0.323 e. The Morgan fingerprint density at radius 2 is 1.62 bits per heavy atom. The van der Waals surface area contributed by atoms with E-state index in [4.69, 9.17) is 0 Å². The van der Waals surface area contributed by atoms with Crippen LogP contribution in [0.2, 0.25) is 0 Å². The highest BCUT2D eigenvalue weighted by Crippen LogP contribution is 2.23. The van der Waals surface area contributed by atoms with Crippen LogP contribution in [0.25, 0.3) is 0 Å². The van der Waals surface area contributed by atoms with Crippen LogP contribution in [0.5, 0.6) is 0 Å². The molecule has 0 saturated heterocycles. The molecule has 0 aliphatic heterocycles. The molecule has 2 rings (SSSR count). The molecule has 0 heterocycles. The van der Waals surface area contributed by atoms with Gasteiger partial charge in [-0.1, -0.05) is 19.1 Å². The van der Waals surface area contributed by atoms with Crippen molar-refractivity contribution in [3.05, 3.63) is 53.6 Å². The molecular weight excluding hydrogens is 298 g/mol. The van der Waals surface area contributed by atoms with Gasteiger partial charge in [-0.3, -0.25) is 0 Å². The third kappa shape index (κ3) is 4.51. The number of aryl methyl sites for hydroxylation is 2. The van der Waals surface area contributed by atoms with E-state index in [9.17, 15) is 4.79 Å². The lowest BCUT2D eigenvalue weighted by molar-refractivity contribution is 0.262. The molecule has 2 amide bonds. The smallest absolute Gasteiger partial charge is 0.323 e. The van der Waals surface area contributed by atoms with Gasteiger partial charge < -0.3 is 15.5 Å². The SMILES string of the molecule is CCc1ccc(NC(=O)Nc2ccc(N(CC)CC)cc2C)cc1. The van der Waals surface area contributed by atoms with Gasteiger partial charge in [-0.05, 0) is 68.7 Å². The molecule has 0 saturated carbocycles. The maximum absolute atomic E-state index is 12.2. The second kappa shape index (κ2) is 8.39. The van der Waals surface area contributed by atoms with Gasteiger partial charge in [0, 0.05) is 30.2 Å². The number of nitrogens with one attached hydrogen (secondary N) is 2. The van der Waals surface area contributed by atoms with Gasteiger partial charge in [-0.15, -0.1) is 0 Å². The molecule has 0 aliphatic rings. The molecule has 2 aromatic rings. The molecule has 0 spiro atoms. The van der Waals surface area contributed by atoms with Crippen molar-refractivity contribution in [3.8, 4) is 0 Å². The van der Waals surface area contributed by atoms with Crippen LogP contribution in [-0.2, 0) is 6.42 Å². The molecule has 2 aromatic carbocycles. The highest BCUT2D eigenvalue weighted by Gasteiger charge is 2.08. The predicted molar refractivity (Wildman–Crippen MR) is 103 cm³/mol. The average Bonchev–Trinajstić information content (AvgIpc) is 2.59. The number of carbonyl (C=O) groups excluding carboxylic acids is 1. The second-order valence-electron chi connectivity index (χ2n) is 5.80. The number of nitrogens with zero attached hydrogens (tertiary/aromatic N) is 1. The van der Waals surface area contributed by atoms with E-state index in [1.54, 1.807) is 0 Å². The zero-order valence-corrected chi connectivity index (χ0v) is 15.0. The summed E-state index contributed by atoms with van der Waals surface area (Å²) in [5.41, 5.74) is 5.11. The van der Waals surface area contributed by atoms with E-state index in [-0.39, 0.29) is 6.03 Å². The lowest BCUT2D eigenvalue weighted by atomic mass is 10.1. The Hall–Kier alpha value is -2.49. The molecule has 0 aliphatic carbocycles. The van der Waals surface area contributed by atoms with Gasteiger partial charge >= 0.3 is 6.03 Å². The largest absolute Gasteiger partial charge is 0.372 e. The number of hydrogen-bond donors (Lipinski definition) is 2. The molecule has 0 aromatic heterocycles. The van der Waals surface area contributed by atoms with Crippen LogP contribution in [0.1, 0.15) is 31.9 Å². The number of benzene rings is 2. The number of amides is 2. The Kier molecular flexibility index (Phi) is 6.24. The fourth-order valence-electron chi connectivity index (χ4n) is 2.68. The highest BCUT2D eigenvalue weighted by molar-refractivity contribution is 6.00. The van der Waals surface area contributed by atoms with Gasteiger partial charge in [0.25, 0.3) is 0 Å². The number of rotatable bonds is 6. The number of carbonyl (C=O) groups is 1. The van der Waals surface area contributed by atoms with Crippen LogP contribution in [-0.4, -0.2) is 19.1 Å². The van der Waals surface area contributed by atoms with Crippen molar-refractivity contribution in [3.63, 3.8) is 0 Å². The molecule has 2 N–H and O–H groups in total. The normalized spacial score (nSPS) is 10.3. The van der Waals surface area contributed by atoms with Crippen LogP contribution in [0.15, 0.2) is 42.5 Å². The molecule has 0 radical (unpaired) electrons. The lowest BCUT2D eigenvalue weighted by Crippen LogP contribution is -2.22. The Bertz CT molecular complexity index is 676. The lowest BCUT2D eigenvalue weighted by Gasteiger charge is -2.22. The summed E-state index contributed by atoms with van der Waals surface area (Å²) < 4.78 is 0. The van der Waals surface area contributed by atoms with Crippen molar-refractivity contribution < 1.29 is 4.79 Å². The number of urea groups is 1. The minimum absolute atomic E-state index is 0.224. The fourth-order valence-corrected chi connectivity index (χ4v) is 2.68. The predicted octanol–water partition coefficient (Wildman–Crippen LogP) is 5.05. The van der Waals surface area contributed by atoms with Crippen molar-refractivity contribution in [1.29, 1.82) is 0 Å². The van der Waals surface area contributed by atoms with Gasteiger partial charge in [0.05, 0.1) is 0 Å². The van der Waals surface area contributed by atoms with Crippen LogP contribution in [0, 0.1) is 6.92 Å². The third-order valence-electron chi connectivity index (χ3n) is 4.21. The number of hydrogen-bond acceptors (Lipinski definition) is 2. The van der Waals surface area contributed by atoms with Gasteiger partial charge in [-0.25, -0.2) is 4.79 Å². The minimum atomic E-state index is -0.224. The van der Waals surface area contributed by atoms with Gasteiger partial charge in [-0.2, -0.15) is 0 Å². The third-order valence-corrected chi connectivity index (χ3v) is 4.21. The zero-order valence-electron chi connectivity index (χ0n) is 15.0. The Balaban J connectivity index is 2.02. The van der Waals surface area contributed by atoms with E-state index in [0.29, 0.717) is 0 Å². The van der Waals surface area contributed by atoms with E-state index in [1.807, 2.05) is 43.3 Å². The summed E-state index contributed by atoms with van der Waals surface area (Å²) in [7, 11) is 0. The molecule has 0 atom stereocenters. The van der Waals surface area contributed by atoms with E-state index in [2.05, 4.69) is 42.4 Å². The summed E-state index contributed by atoms with van der Waals surface area (Å²) in [6.07, 6.45) is 0.991. The first-order chi connectivity index (χ1) is 11.6. The van der Waals surface area contributed by atoms with Gasteiger partial charge in [0.15, 0.2) is 0 Å². The fraction of sp³-hybridized carbons (Fsp3) is 0.350. The second-order valence-corrected chi connectivity index (χ2v) is 5.80. The Labute approximate surface area is 144 Å². The molecule has 0 unspecified atom stereocenters. The van der Waals surface area contributed by atoms with Crippen LogP contribution in [0.4, 0.5) is 21.9 Å². The Morgan fingerprint density at radius 1 is 0.958 bits per heavy atom. The molecule has 128 valence electrons. The van der Waals surface area contributed by atoms with Gasteiger partial charge in [0.2, 0.25) is 0 Å². The number of anilines is 3. The van der Waals surface area contributed by atoms with E-state index >= 15 is 0 Å². The summed E-state index contributed by atoms with van der Waals surface area (Å²) in [6, 6.07) is 13.8. The molecule has 0 bridgehead atoms. The summed E-state index contributed by atoms with van der Waals surface area (Å²) >= 11 is 0. The van der Waals surface area contributed by atoms with Crippen LogP contribution < -0.4 is 15.5 Å². The summed E-state index contributed by atoms with van der Waals surface area (Å²) in [5, 5.41) is 5.79. The summed E-state index contributed by atoms with van der Waals surface area (Å²) in [5.74, 6) is 0. The topological polar surface area (TPSA) is 44.4 Å². The minimum Gasteiger partial charge on any atom is -0.372 e. The van der Waals surface area contributed by atoms with Crippen LogP contribution in [0.3, 0.4) is 0 Å². The van der Waals surface area contributed by atoms with Crippen molar-refractivity contribution in [1.82, 2.24) is 0 Å². The monoisotopic (exact) mass is 325 g/mol. The van der Waals surface area contributed by atoms with Crippen molar-refractivity contribution >= 4 is 23.1 Å². The quantitative estimate of drug-likeness (QED) is 0.781. The van der Waals surface area contributed by atoms with Crippen molar-refractivity contribution in [2.75, 3.05) is 28.6 Å². The van der Waals surface area contributed by atoms with E-state index in [1.165, 1.54) is 11.3 Å². The molecule has 4 nitrogen and oxygen atoms in total. The maximum atomic E-state index is 12.2. The van der Waals surface area contributed by atoms with Gasteiger partial charge in [0.1, 0.15) is 0 Å². The van der Waals surface area contributed by atoms with Crippen molar-refractivity contribution in [2.45, 2.75) is 34.1 Å². The first kappa shape index (κ1) is 17.9. The summed E-state index contributed by atoms with van der Waals surface area (Å²) in [4.78, 5) is 14.5. The van der Waals surface area contributed by atoms with Crippen molar-refractivity contribution in [2.24, 2.45) is 0 Å². The molecular formula is C20H27N3O. The standard InChI is InChI=1S/C20H27N3O/c1-5-16-8-10-17(11-9-16)21-20(24)22-19-13-12-18(14-15(19)4)23(6-2)7-3/h8-14H,5-7H2,1-4H3,(H2,21,22,24). The van der Waals surface area contributed by atoms with Crippen LogP contribution >= 0.6 is 0 Å². The first-order valence-corrected chi connectivity index (χ1v) is 8.59. The molecule has 24 heavy (non-hydrogen) atoms. The first-order valence-electron chi connectivity index (χ1n) is 8.59. The zero-order chi connectivity index (χ0) is 17.5. The summed E-state index contributed by atoms with van der Waals surface area (Å²) in [6.45, 7) is 10.3. The molecule has 0 fully saturated rings. The molecule has 4 heteroatoms.